The summed E-state index contributed by atoms with van der Waals surface area (Å²) < 4.78 is 0. The van der Waals surface area contributed by atoms with Crippen LogP contribution in [0.1, 0.15) is 17.2 Å². The monoisotopic (exact) mass is 401 g/mol. The van der Waals surface area contributed by atoms with Gasteiger partial charge in [-0.1, -0.05) is 60.7 Å². The first-order valence-electron chi connectivity index (χ1n) is 10.4. The standard InChI is InChI=1S/C25H27N3O2/c29-23-13-11-22(12-14-23)27-15-17-28(18-16-27)24(30)19-26-25(20-7-3-1-4-8-20)21-9-5-2-6-10-21/h1-14,25-26,29H,15-19H2. The van der Waals surface area contributed by atoms with Crippen molar-refractivity contribution in [3.63, 3.8) is 0 Å². The van der Waals surface area contributed by atoms with E-state index >= 15 is 0 Å². The Bertz CT molecular complexity index is 898. The molecule has 2 N–H and O–H groups in total. The number of hydrogen-bond acceptors (Lipinski definition) is 4. The van der Waals surface area contributed by atoms with E-state index in [0.717, 1.165) is 29.9 Å². The molecule has 5 heteroatoms. The van der Waals surface area contributed by atoms with Gasteiger partial charge in [0.2, 0.25) is 5.91 Å². The lowest BCUT2D eigenvalue weighted by molar-refractivity contribution is -0.130. The summed E-state index contributed by atoms with van der Waals surface area (Å²) in [6, 6.07) is 27.7. The molecule has 154 valence electrons. The number of carbonyl (C=O) groups is 1. The summed E-state index contributed by atoms with van der Waals surface area (Å²) >= 11 is 0. The summed E-state index contributed by atoms with van der Waals surface area (Å²) in [6.07, 6.45) is 0. The molecule has 0 radical (unpaired) electrons. The maximum absolute atomic E-state index is 12.9. The molecule has 0 atom stereocenters. The van der Waals surface area contributed by atoms with Gasteiger partial charge in [-0.3, -0.25) is 10.1 Å². The summed E-state index contributed by atoms with van der Waals surface area (Å²) in [5.41, 5.74) is 3.37. The van der Waals surface area contributed by atoms with E-state index in [0.29, 0.717) is 19.6 Å². The Hall–Kier alpha value is -3.31. The summed E-state index contributed by atoms with van der Waals surface area (Å²) in [5.74, 6) is 0.391. The van der Waals surface area contributed by atoms with Crippen LogP contribution in [0.15, 0.2) is 84.9 Å². The fraction of sp³-hybridized carbons (Fsp3) is 0.240. The lowest BCUT2D eigenvalue weighted by atomic mass is 9.99. The molecule has 0 spiro atoms. The van der Waals surface area contributed by atoms with Crippen molar-refractivity contribution >= 4 is 11.6 Å². The van der Waals surface area contributed by atoms with Crippen molar-refractivity contribution in [2.45, 2.75) is 6.04 Å². The molecule has 5 nitrogen and oxygen atoms in total. The van der Waals surface area contributed by atoms with Crippen molar-refractivity contribution in [3.8, 4) is 5.75 Å². The molecule has 0 bridgehead atoms. The largest absolute Gasteiger partial charge is 0.508 e. The summed E-state index contributed by atoms with van der Waals surface area (Å²) in [4.78, 5) is 17.0. The Kier molecular flexibility index (Phi) is 6.30. The summed E-state index contributed by atoms with van der Waals surface area (Å²) in [6.45, 7) is 3.27. The highest BCUT2D eigenvalue weighted by Crippen LogP contribution is 2.22. The first-order chi connectivity index (χ1) is 14.7. The molecule has 1 heterocycles. The fourth-order valence-electron chi connectivity index (χ4n) is 3.90. The Morgan fingerprint density at radius 2 is 1.33 bits per heavy atom. The number of amides is 1. The van der Waals surface area contributed by atoms with Crippen molar-refractivity contribution in [2.75, 3.05) is 37.6 Å². The van der Waals surface area contributed by atoms with E-state index in [2.05, 4.69) is 34.5 Å². The molecule has 3 aromatic rings. The van der Waals surface area contributed by atoms with E-state index in [1.807, 2.05) is 53.4 Å². The Labute approximate surface area is 177 Å². The zero-order valence-corrected chi connectivity index (χ0v) is 16.9. The first-order valence-corrected chi connectivity index (χ1v) is 10.4. The van der Waals surface area contributed by atoms with E-state index in [1.54, 1.807) is 12.1 Å². The molecule has 0 saturated carbocycles. The highest BCUT2D eigenvalue weighted by molar-refractivity contribution is 5.78. The SMILES string of the molecule is O=C(CNC(c1ccccc1)c1ccccc1)N1CCN(c2ccc(O)cc2)CC1. The van der Waals surface area contributed by atoms with Crippen LogP contribution in [0.5, 0.6) is 5.75 Å². The number of phenols is 1. The molecule has 1 aliphatic heterocycles. The number of nitrogens with zero attached hydrogens (tertiary/aromatic N) is 2. The van der Waals surface area contributed by atoms with Gasteiger partial charge in [0.1, 0.15) is 5.75 Å². The molecule has 1 aliphatic rings. The molecule has 1 fully saturated rings. The van der Waals surface area contributed by atoms with Gasteiger partial charge in [0.25, 0.3) is 0 Å². The normalized spacial score (nSPS) is 14.2. The number of benzene rings is 3. The molecular formula is C25H27N3O2. The van der Waals surface area contributed by atoms with Crippen molar-refractivity contribution in [3.05, 3.63) is 96.1 Å². The number of nitrogens with one attached hydrogen (secondary N) is 1. The van der Waals surface area contributed by atoms with Crippen LogP contribution in [0, 0.1) is 0 Å². The van der Waals surface area contributed by atoms with E-state index in [4.69, 9.17) is 0 Å². The number of phenolic OH excluding ortho intramolecular Hbond substituents is 1. The molecule has 0 aliphatic carbocycles. The number of hydrogen-bond donors (Lipinski definition) is 2. The van der Waals surface area contributed by atoms with Crippen molar-refractivity contribution < 1.29 is 9.90 Å². The van der Waals surface area contributed by atoms with Crippen LogP contribution in [0.4, 0.5) is 5.69 Å². The van der Waals surface area contributed by atoms with Crippen LogP contribution in [0.25, 0.3) is 0 Å². The lowest BCUT2D eigenvalue weighted by Crippen LogP contribution is -2.51. The van der Waals surface area contributed by atoms with E-state index in [9.17, 15) is 9.90 Å². The summed E-state index contributed by atoms with van der Waals surface area (Å²) in [7, 11) is 0. The number of piperazine rings is 1. The predicted octanol–water partition coefficient (Wildman–Crippen LogP) is 3.42. The molecular weight excluding hydrogens is 374 g/mol. The topological polar surface area (TPSA) is 55.8 Å². The van der Waals surface area contributed by atoms with Crippen LogP contribution in [-0.2, 0) is 4.79 Å². The molecule has 30 heavy (non-hydrogen) atoms. The van der Waals surface area contributed by atoms with E-state index < -0.39 is 0 Å². The quantitative estimate of drug-likeness (QED) is 0.665. The Morgan fingerprint density at radius 1 is 0.800 bits per heavy atom. The number of anilines is 1. The van der Waals surface area contributed by atoms with Crippen LogP contribution < -0.4 is 10.2 Å². The fourth-order valence-corrected chi connectivity index (χ4v) is 3.90. The molecule has 1 saturated heterocycles. The average molecular weight is 402 g/mol. The third-order valence-electron chi connectivity index (χ3n) is 5.57. The van der Waals surface area contributed by atoms with Gasteiger partial charge in [-0.2, -0.15) is 0 Å². The van der Waals surface area contributed by atoms with Gasteiger partial charge in [0.15, 0.2) is 0 Å². The van der Waals surface area contributed by atoms with E-state index in [-0.39, 0.29) is 17.7 Å². The highest BCUT2D eigenvalue weighted by atomic mass is 16.3. The Morgan fingerprint density at radius 3 is 1.87 bits per heavy atom. The van der Waals surface area contributed by atoms with Crippen molar-refractivity contribution in [1.82, 2.24) is 10.2 Å². The minimum Gasteiger partial charge on any atom is -0.508 e. The van der Waals surface area contributed by atoms with Crippen molar-refractivity contribution in [2.24, 2.45) is 0 Å². The molecule has 0 aromatic heterocycles. The second kappa shape index (κ2) is 9.46. The molecule has 3 aromatic carbocycles. The number of aromatic hydroxyl groups is 1. The smallest absolute Gasteiger partial charge is 0.236 e. The van der Waals surface area contributed by atoms with Gasteiger partial charge in [0, 0.05) is 31.9 Å². The number of carbonyl (C=O) groups excluding carboxylic acids is 1. The highest BCUT2D eigenvalue weighted by Gasteiger charge is 2.22. The average Bonchev–Trinajstić information content (AvgIpc) is 2.81. The molecule has 0 unspecified atom stereocenters. The van der Waals surface area contributed by atoms with Crippen LogP contribution in [-0.4, -0.2) is 48.6 Å². The first kappa shape index (κ1) is 20.0. The second-order valence-corrected chi connectivity index (χ2v) is 7.52. The van der Waals surface area contributed by atoms with Gasteiger partial charge >= 0.3 is 0 Å². The van der Waals surface area contributed by atoms with Gasteiger partial charge < -0.3 is 14.9 Å². The number of rotatable bonds is 6. The summed E-state index contributed by atoms with van der Waals surface area (Å²) in [5, 5.41) is 12.9. The van der Waals surface area contributed by atoms with Crippen LogP contribution in [0.3, 0.4) is 0 Å². The lowest BCUT2D eigenvalue weighted by Gasteiger charge is -2.36. The third-order valence-corrected chi connectivity index (χ3v) is 5.57. The van der Waals surface area contributed by atoms with Gasteiger partial charge in [0.05, 0.1) is 12.6 Å². The zero-order chi connectivity index (χ0) is 20.8. The molecule has 1 amide bonds. The Balaban J connectivity index is 1.36. The predicted molar refractivity (Wildman–Crippen MR) is 120 cm³/mol. The zero-order valence-electron chi connectivity index (χ0n) is 16.9. The third kappa shape index (κ3) is 4.81. The second-order valence-electron chi connectivity index (χ2n) is 7.52. The van der Waals surface area contributed by atoms with E-state index in [1.165, 1.54) is 0 Å². The van der Waals surface area contributed by atoms with Crippen LogP contribution in [0.2, 0.25) is 0 Å². The minimum absolute atomic E-state index is 0.0189. The minimum atomic E-state index is -0.0189. The molecule has 4 rings (SSSR count). The van der Waals surface area contributed by atoms with Crippen molar-refractivity contribution in [1.29, 1.82) is 0 Å². The van der Waals surface area contributed by atoms with Gasteiger partial charge in [-0.05, 0) is 35.4 Å². The maximum Gasteiger partial charge on any atom is 0.236 e. The van der Waals surface area contributed by atoms with Gasteiger partial charge in [-0.25, -0.2) is 0 Å². The van der Waals surface area contributed by atoms with Crippen LogP contribution >= 0.6 is 0 Å². The van der Waals surface area contributed by atoms with Gasteiger partial charge in [-0.15, -0.1) is 0 Å². The maximum atomic E-state index is 12.9.